The molecule has 0 saturated carbocycles. The molecule has 1 N–H and O–H groups in total. The number of thioether (sulfide) groups is 1. The number of amides is 1. The Kier molecular flexibility index (Phi) is 7.79. The number of benzene rings is 2. The van der Waals surface area contributed by atoms with E-state index in [1.54, 1.807) is 13.8 Å². The minimum atomic E-state index is -2.51. The Labute approximate surface area is 161 Å². The quantitative estimate of drug-likeness (QED) is 0.516. The van der Waals surface area contributed by atoms with Gasteiger partial charge in [-0.3, -0.25) is 9.59 Å². The molecule has 2 aromatic rings. The predicted molar refractivity (Wildman–Crippen MR) is 101 cm³/mol. The van der Waals surface area contributed by atoms with E-state index in [1.165, 1.54) is 24.3 Å². The van der Waals surface area contributed by atoms with Gasteiger partial charge in [-0.1, -0.05) is 42.1 Å². The molecule has 1 unspecified atom stereocenters. The molecule has 0 saturated heterocycles. The fraction of sp³-hybridized carbons (Fsp3) is 0.300. The van der Waals surface area contributed by atoms with Gasteiger partial charge in [-0.05, 0) is 43.7 Å². The van der Waals surface area contributed by atoms with Gasteiger partial charge in [0.25, 0.3) is 11.7 Å². The fourth-order valence-corrected chi connectivity index (χ4v) is 2.94. The Morgan fingerprint density at radius 2 is 1.67 bits per heavy atom. The normalized spacial score (nSPS) is 12.1. The number of alkyl halides is 2. The Morgan fingerprint density at radius 3 is 2.22 bits per heavy atom. The van der Waals surface area contributed by atoms with Crippen LogP contribution in [0, 0.1) is 0 Å². The van der Waals surface area contributed by atoms with Crippen LogP contribution in [-0.2, 0) is 9.53 Å². The molecule has 0 bridgehead atoms. The molecule has 0 heterocycles. The van der Waals surface area contributed by atoms with Crippen LogP contribution in [0.1, 0.15) is 42.2 Å². The number of carbonyl (C=O) groups is 2. The van der Waals surface area contributed by atoms with E-state index in [1.807, 2.05) is 30.3 Å². The smallest absolute Gasteiger partial charge is 0.308 e. The van der Waals surface area contributed by atoms with Gasteiger partial charge in [0.15, 0.2) is 0 Å². The molecule has 4 nitrogen and oxygen atoms in total. The lowest BCUT2D eigenvalue weighted by Crippen LogP contribution is -2.31. The molecule has 1 atom stereocenters. The van der Waals surface area contributed by atoms with Crippen molar-refractivity contribution < 1.29 is 23.1 Å². The summed E-state index contributed by atoms with van der Waals surface area (Å²) in [6.07, 6.45) is -0.253. The monoisotopic (exact) mass is 393 g/mol. The summed E-state index contributed by atoms with van der Waals surface area (Å²) in [5.74, 6) is -3.32. The average Bonchev–Trinajstić information content (AvgIpc) is 2.61. The van der Waals surface area contributed by atoms with Gasteiger partial charge in [0.2, 0.25) is 0 Å². The van der Waals surface area contributed by atoms with Crippen molar-refractivity contribution in [3.63, 3.8) is 0 Å². The number of ether oxygens (including phenoxy) is 1. The van der Waals surface area contributed by atoms with Crippen LogP contribution in [-0.4, -0.2) is 23.7 Å². The van der Waals surface area contributed by atoms with Crippen molar-refractivity contribution in [2.45, 2.75) is 43.1 Å². The third-order valence-electron chi connectivity index (χ3n) is 3.59. The summed E-state index contributed by atoms with van der Waals surface area (Å²) in [7, 11) is 0. The third-order valence-corrected chi connectivity index (χ3v) is 4.31. The largest absolute Gasteiger partial charge is 0.463 e. The molecule has 0 radical (unpaired) electrons. The van der Waals surface area contributed by atoms with E-state index in [0.717, 1.165) is 5.56 Å². The Hall–Kier alpha value is -2.41. The van der Waals surface area contributed by atoms with Crippen LogP contribution in [0.5, 0.6) is 0 Å². The van der Waals surface area contributed by atoms with Crippen molar-refractivity contribution >= 4 is 23.6 Å². The van der Waals surface area contributed by atoms with E-state index < -0.39 is 23.7 Å². The minimum Gasteiger partial charge on any atom is -0.463 e. The van der Waals surface area contributed by atoms with E-state index in [-0.39, 0.29) is 12.5 Å². The van der Waals surface area contributed by atoms with E-state index in [0.29, 0.717) is 22.2 Å². The SMILES string of the molecule is CC(C)OC(=O)CC(NC(=O)c1ccc(SC(F)F)cc1)c1ccccc1. The third kappa shape index (κ3) is 7.02. The minimum absolute atomic E-state index is 0.00670. The first-order valence-electron chi connectivity index (χ1n) is 8.45. The van der Waals surface area contributed by atoms with E-state index >= 15 is 0 Å². The first-order chi connectivity index (χ1) is 12.8. The lowest BCUT2D eigenvalue weighted by molar-refractivity contribution is -0.147. The molecular weight excluding hydrogens is 372 g/mol. The highest BCUT2D eigenvalue weighted by atomic mass is 32.2. The summed E-state index contributed by atoms with van der Waals surface area (Å²) < 4.78 is 30.0. The van der Waals surface area contributed by atoms with Crippen molar-refractivity contribution in [2.75, 3.05) is 0 Å². The Bertz CT molecular complexity index is 752. The summed E-state index contributed by atoms with van der Waals surface area (Å²) in [4.78, 5) is 25.0. The van der Waals surface area contributed by atoms with E-state index in [4.69, 9.17) is 4.74 Å². The zero-order valence-electron chi connectivity index (χ0n) is 15.0. The average molecular weight is 393 g/mol. The zero-order chi connectivity index (χ0) is 19.8. The van der Waals surface area contributed by atoms with Gasteiger partial charge in [0.1, 0.15) is 0 Å². The molecule has 0 fully saturated rings. The number of hydrogen-bond donors (Lipinski definition) is 1. The van der Waals surface area contributed by atoms with Gasteiger partial charge in [0, 0.05) is 10.5 Å². The van der Waals surface area contributed by atoms with Crippen LogP contribution in [0.2, 0.25) is 0 Å². The molecule has 0 aromatic heterocycles. The topological polar surface area (TPSA) is 55.4 Å². The molecule has 0 aliphatic rings. The number of esters is 1. The van der Waals surface area contributed by atoms with Gasteiger partial charge in [-0.2, -0.15) is 8.78 Å². The van der Waals surface area contributed by atoms with Crippen LogP contribution < -0.4 is 5.32 Å². The van der Waals surface area contributed by atoms with E-state index in [2.05, 4.69) is 5.32 Å². The maximum Gasteiger partial charge on any atom is 0.308 e. The molecule has 2 rings (SSSR count). The van der Waals surface area contributed by atoms with Crippen molar-refractivity contribution in [1.82, 2.24) is 5.32 Å². The van der Waals surface area contributed by atoms with Crippen LogP contribution in [0.4, 0.5) is 8.78 Å². The molecule has 27 heavy (non-hydrogen) atoms. The Morgan fingerprint density at radius 1 is 1.04 bits per heavy atom. The number of hydrogen-bond acceptors (Lipinski definition) is 4. The van der Waals surface area contributed by atoms with Gasteiger partial charge in [-0.15, -0.1) is 0 Å². The molecule has 0 aliphatic heterocycles. The molecule has 144 valence electrons. The Balaban J connectivity index is 2.11. The van der Waals surface area contributed by atoms with Gasteiger partial charge in [-0.25, -0.2) is 0 Å². The van der Waals surface area contributed by atoms with Gasteiger partial charge < -0.3 is 10.1 Å². The van der Waals surface area contributed by atoms with Crippen LogP contribution in [0.15, 0.2) is 59.5 Å². The maximum atomic E-state index is 12.5. The standard InChI is InChI=1S/C20H21F2NO3S/c1-13(2)26-18(24)12-17(14-6-4-3-5-7-14)23-19(25)15-8-10-16(11-9-15)27-20(21)22/h3-11,13,17,20H,12H2,1-2H3,(H,23,25). The first kappa shape index (κ1) is 20.9. The highest BCUT2D eigenvalue weighted by Gasteiger charge is 2.20. The number of carbonyl (C=O) groups excluding carboxylic acids is 2. The number of rotatable bonds is 8. The zero-order valence-corrected chi connectivity index (χ0v) is 15.8. The second-order valence-corrected chi connectivity index (χ2v) is 7.15. The maximum absolute atomic E-state index is 12.5. The van der Waals surface area contributed by atoms with Crippen molar-refractivity contribution in [3.05, 3.63) is 65.7 Å². The number of halogens is 2. The van der Waals surface area contributed by atoms with Crippen molar-refractivity contribution in [2.24, 2.45) is 0 Å². The summed E-state index contributed by atoms with van der Waals surface area (Å²) in [6, 6.07) is 14.5. The van der Waals surface area contributed by atoms with Gasteiger partial charge in [0.05, 0.1) is 18.6 Å². The van der Waals surface area contributed by atoms with Crippen molar-refractivity contribution in [1.29, 1.82) is 0 Å². The lowest BCUT2D eigenvalue weighted by Gasteiger charge is -2.19. The molecule has 1 amide bonds. The first-order valence-corrected chi connectivity index (χ1v) is 9.33. The highest BCUT2D eigenvalue weighted by Crippen LogP contribution is 2.25. The summed E-state index contributed by atoms with van der Waals surface area (Å²) in [5.41, 5.74) is 1.10. The lowest BCUT2D eigenvalue weighted by atomic mass is 10.0. The summed E-state index contributed by atoms with van der Waals surface area (Å²) >= 11 is 0.417. The summed E-state index contributed by atoms with van der Waals surface area (Å²) in [6.45, 7) is 3.51. The van der Waals surface area contributed by atoms with E-state index in [9.17, 15) is 18.4 Å². The molecule has 0 aliphatic carbocycles. The highest BCUT2D eigenvalue weighted by molar-refractivity contribution is 7.99. The van der Waals surface area contributed by atoms with Gasteiger partial charge >= 0.3 is 5.97 Å². The fourth-order valence-electron chi connectivity index (χ4n) is 2.44. The second-order valence-electron chi connectivity index (χ2n) is 6.08. The molecule has 7 heteroatoms. The van der Waals surface area contributed by atoms with Crippen LogP contribution >= 0.6 is 11.8 Å². The summed E-state index contributed by atoms with van der Waals surface area (Å²) in [5, 5.41) is 2.82. The van der Waals surface area contributed by atoms with Crippen LogP contribution in [0.3, 0.4) is 0 Å². The second kappa shape index (κ2) is 10.1. The number of nitrogens with one attached hydrogen (secondary N) is 1. The van der Waals surface area contributed by atoms with Crippen molar-refractivity contribution in [3.8, 4) is 0 Å². The molecule has 0 spiro atoms. The van der Waals surface area contributed by atoms with Crippen LogP contribution in [0.25, 0.3) is 0 Å². The molecular formula is C20H21F2NO3S. The molecule has 2 aromatic carbocycles. The predicted octanol–water partition coefficient (Wildman–Crippen LogP) is 4.81.